The minimum atomic E-state index is -0.652. The molecule has 0 bridgehead atoms. The Hall–Kier alpha value is -1.39. The fraction of sp³-hybridized carbons (Fsp3) is 0.786. The van der Waals surface area contributed by atoms with E-state index < -0.39 is 17.6 Å². The third-order valence-electron chi connectivity index (χ3n) is 2.78. The number of carbonyl (C=O) groups is 3. The molecule has 0 saturated carbocycles. The second kappa shape index (κ2) is 5.72. The van der Waals surface area contributed by atoms with Gasteiger partial charge in [0.1, 0.15) is 11.4 Å². The van der Waals surface area contributed by atoms with Gasteiger partial charge in [0.15, 0.2) is 0 Å². The fourth-order valence-electron chi connectivity index (χ4n) is 2.18. The van der Waals surface area contributed by atoms with Crippen LogP contribution in [0.4, 0.5) is 4.79 Å². The fourth-order valence-corrected chi connectivity index (χ4v) is 2.18. The zero-order valence-electron chi connectivity index (χ0n) is 12.4. The van der Waals surface area contributed by atoms with Crippen molar-refractivity contribution in [3.63, 3.8) is 0 Å². The Morgan fingerprint density at radius 1 is 1.37 bits per heavy atom. The summed E-state index contributed by atoms with van der Waals surface area (Å²) in [5.74, 6) is -0.250. The molecule has 1 aliphatic rings. The monoisotopic (exact) mass is 269 g/mol. The molecule has 0 radical (unpaired) electrons. The standard InChI is InChI=1S/C14H23NO4/c1-9(2)6-10-7-11(16)8-12(17)15(10)13(18)19-14(3,4)5/h9-10H,6-8H2,1-5H3. The molecule has 0 aromatic heterocycles. The molecule has 1 saturated heterocycles. The Morgan fingerprint density at radius 3 is 2.42 bits per heavy atom. The molecule has 2 amide bonds. The molecule has 0 aliphatic carbocycles. The van der Waals surface area contributed by atoms with Gasteiger partial charge in [-0.05, 0) is 33.1 Å². The number of ketones is 1. The van der Waals surface area contributed by atoms with E-state index >= 15 is 0 Å². The van der Waals surface area contributed by atoms with Crippen LogP contribution in [0.3, 0.4) is 0 Å². The quantitative estimate of drug-likeness (QED) is 0.723. The van der Waals surface area contributed by atoms with Crippen molar-refractivity contribution in [3.05, 3.63) is 0 Å². The lowest BCUT2D eigenvalue weighted by molar-refractivity contribution is -0.141. The number of rotatable bonds is 2. The average Bonchev–Trinajstić information content (AvgIpc) is 2.10. The van der Waals surface area contributed by atoms with Crippen LogP contribution in [0.15, 0.2) is 0 Å². The number of imide groups is 1. The molecule has 1 rings (SSSR count). The van der Waals surface area contributed by atoms with Gasteiger partial charge in [0.25, 0.3) is 0 Å². The van der Waals surface area contributed by atoms with Crippen LogP contribution in [-0.2, 0) is 14.3 Å². The predicted octanol–water partition coefficient (Wildman–Crippen LogP) is 2.53. The molecule has 1 aliphatic heterocycles. The Kier molecular flexibility index (Phi) is 4.71. The van der Waals surface area contributed by atoms with Crippen LogP contribution >= 0.6 is 0 Å². The van der Waals surface area contributed by atoms with Crippen LogP contribution in [0.5, 0.6) is 0 Å². The summed E-state index contributed by atoms with van der Waals surface area (Å²) in [4.78, 5) is 36.7. The number of piperidine rings is 1. The van der Waals surface area contributed by atoms with Crippen molar-refractivity contribution < 1.29 is 19.1 Å². The molecule has 0 aromatic rings. The first-order valence-corrected chi connectivity index (χ1v) is 6.67. The topological polar surface area (TPSA) is 63.7 Å². The number of ether oxygens (including phenoxy) is 1. The first-order valence-electron chi connectivity index (χ1n) is 6.67. The molecule has 5 nitrogen and oxygen atoms in total. The van der Waals surface area contributed by atoms with Crippen LogP contribution in [0, 0.1) is 5.92 Å². The van der Waals surface area contributed by atoms with Gasteiger partial charge >= 0.3 is 6.09 Å². The van der Waals surface area contributed by atoms with E-state index in [4.69, 9.17) is 4.74 Å². The number of hydrogen-bond acceptors (Lipinski definition) is 4. The number of amides is 2. The number of hydrogen-bond donors (Lipinski definition) is 0. The predicted molar refractivity (Wildman–Crippen MR) is 70.6 cm³/mol. The Labute approximate surface area is 114 Å². The summed E-state index contributed by atoms with van der Waals surface area (Å²) in [5.41, 5.74) is -0.652. The lowest BCUT2D eigenvalue weighted by atomic mass is 9.93. The number of Topliss-reactive ketones (excluding diaryl/α,β-unsaturated/α-hetero) is 1. The number of carbonyl (C=O) groups excluding carboxylic acids is 3. The second-order valence-electron chi connectivity index (χ2n) is 6.45. The van der Waals surface area contributed by atoms with Gasteiger partial charge in [0.05, 0.1) is 12.5 Å². The van der Waals surface area contributed by atoms with Crippen LogP contribution in [0.2, 0.25) is 0 Å². The summed E-state index contributed by atoms with van der Waals surface area (Å²) in [7, 11) is 0. The molecule has 1 atom stereocenters. The van der Waals surface area contributed by atoms with Crippen molar-refractivity contribution in [2.24, 2.45) is 5.92 Å². The van der Waals surface area contributed by atoms with Gasteiger partial charge in [-0.2, -0.15) is 0 Å². The van der Waals surface area contributed by atoms with Gasteiger partial charge in [-0.1, -0.05) is 13.8 Å². The maximum absolute atomic E-state index is 12.1. The minimum Gasteiger partial charge on any atom is -0.443 e. The molecular formula is C14H23NO4. The van der Waals surface area contributed by atoms with Crippen molar-refractivity contribution in [1.82, 2.24) is 4.90 Å². The second-order valence-corrected chi connectivity index (χ2v) is 6.45. The van der Waals surface area contributed by atoms with Gasteiger partial charge in [-0.25, -0.2) is 9.69 Å². The Balaban J connectivity index is 2.88. The normalized spacial score (nSPS) is 20.9. The zero-order chi connectivity index (χ0) is 14.8. The molecule has 5 heteroatoms. The summed E-state index contributed by atoms with van der Waals surface area (Å²) in [6, 6.07) is -0.372. The highest BCUT2D eigenvalue weighted by Crippen LogP contribution is 2.24. The molecule has 0 aromatic carbocycles. The number of nitrogens with zero attached hydrogens (tertiary/aromatic N) is 1. The molecule has 1 heterocycles. The smallest absolute Gasteiger partial charge is 0.417 e. The summed E-state index contributed by atoms with van der Waals surface area (Å²) >= 11 is 0. The summed E-state index contributed by atoms with van der Waals surface area (Å²) in [6.07, 6.45) is 0.0175. The van der Waals surface area contributed by atoms with Crippen LogP contribution in [-0.4, -0.2) is 34.3 Å². The van der Waals surface area contributed by atoms with E-state index in [0.29, 0.717) is 12.3 Å². The van der Waals surface area contributed by atoms with Crippen molar-refractivity contribution in [2.75, 3.05) is 0 Å². The van der Waals surface area contributed by atoms with Gasteiger partial charge in [0, 0.05) is 6.42 Å². The molecule has 108 valence electrons. The largest absolute Gasteiger partial charge is 0.443 e. The third kappa shape index (κ3) is 4.65. The average molecular weight is 269 g/mol. The first kappa shape index (κ1) is 15.7. The van der Waals surface area contributed by atoms with Crippen LogP contribution in [0.1, 0.15) is 53.9 Å². The van der Waals surface area contributed by atoms with Gasteiger partial charge in [0.2, 0.25) is 5.91 Å². The Bertz CT molecular complexity index is 381. The molecule has 1 unspecified atom stereocenters. The highest BCUT2D eigenvalue weighted by atomic mass is 16.6. The van der Waals surface area contributed by atoms with E-state index in [0.717, 1.165) is 4.90 Å². The van der Waals surface area contributed by atoms with E-state index in [-0.39, 0.29) is 24.7 Å². The highest BCUT2D eigenvalue weighted by molar-refractivity contribution is 6.06. The SMILES string of the molecule is CC(C)CC1CC(=O)CC(=O)N1C(=O)OC(C)(C)C. The van der Waals surface area contributed by atoms with E-state index in [1.54, 1.807) is 20.8 Å². The van der Waals surface area contributed by atoms with Crippen molar-refractivity contribution in [3.8, 4) is 0 Å². The van der Waals surface area contributed by atoms with Crippen LogP contribution in [0.25, 0.3) is 0 Å². The molecule has 0 spiro atoms. The van der Waals surface area contributed by atoms with Crippen molar-refractivity contribution >= 4 is 17.8 Å². The van der Waals surface area contributed by atoms with Gasteiger partial charge in [-0.15, -0.1) is 0 Å². The Morgan fingerprint density at radius 2 is 1.95 bits per heavy atom. The van der Waals surface area contributed by atoms with E-state index in [2.05, 4.69) is 0 Å². The van der Waals surface area contributed by atoms with Crippen molar-refractivity contribution in [2.45, 2.75) is 65.5 Å². The van der Waals surface area contributed by atoms with Crippen molar-refractivity contribution in [1.29, 1.82) is 0 Å². The first-order chi connectivity index (χ1) is 8.60. The maximum Gasteiger partial charge on any atom is 0.417 e. The highest BCUT2D eigenvalue weighted by Gasteiger charge is 2.39. The molecular weight excluding hydrogens is 246 g/mol. The minimum absolute atomic E-state index is 0.101. The van der Waals surface area contributed by atoms with Crippen LogP contribution < -0.4 is 0 Å². The third-order valence-corrected chi connectivity index (χ3v) is 2.78. The summed E-state index contributed by atoms with van der Waals surface area (Å²) in [6.45, 7) is 9.25. The van der Waals surface area contributed by atoms with E-state index in [1.165, 1.54) is 0 Å². The summed E-state index contributed by atoms with van der Waals surface area (Å²) in [5, 5.41) is 0. The molecule has 1 fully saturated rings. The van der Waals surface area contributed by atoms with E-state index in [1.807, 2.05) is 13.8 Å². The van der Waals surface area contributed by atoms with E-state index in [9.17, 15) is 14.4 Å². The lowest BCUT2D eigenvalue weighted by Crippen LogP contribution is -2.52. The molecule has 0 N–H and O–H groups in total. The lowest BCUT2D eigenvalue weighted by Gasteiger charge is -2.35. The molecule has 19 heavy (non-hydrogen) atoms. The van der Waals surface area contributed by atoms with Gasteiger partial charge in [-0.3, -0.25) is 9.59 Å². The maximum atomic E-state index is 12.1. The number of likely N-dealkylation sites (tertiary alicyclic amines) is 1. The summed E-state index contributed by atoms with van der Waals surface area (Å²) < 4.78 is 5.25. The van der Waals surface area contributed by atoms with Gasteiger partial charge < -0.3 is 4.74 Å². The zero-order valence-corrected chi connectivity index (χ0v) is 12.4.